The zero-order chi connectivity index (χ0) is 16.6. The van der Waals surface area contributed by atoms with Gasteiger partial charge in [0, 0.05) is 19.3 Å². The van der Waals surface area contributed by atoms with E-state index >= 15 is 0 Å². The van der Waals surface area contributed by atoms with Gasteiger partial charge in [0.25, 0.3) is 0 Å². The molecule has 0 aliphatic carbocycles. The molecular formula is C18H30O4. The summed E-state index contributed by atoms with van der Waals surface area (Å²) in [5.41, 5.74) is 0. The Labute approximate surface area is 134 Å². The molecule has 0 spiro atoms. The van der Waals surface area contributed by atoms with Gasteiger partial charge < -0.3 is 5.11 Å². The first-order valence-electron chi connectivity index (χ1n) is 8.51. The fourth-order valence-electron chi connectivity index (χ4n) is 2.18. The lowest BCUT2D eigenvalue weighted by molar-refractivity contribution is -0.137. The Morgan fingerprint density at radius 3 is 1.55 bits per heavy atom. The summed E-state index contributed by atoms with van der Waals surface area (Å²) in [6.07, 6.45) is 12.7. The van der Waals surface area contributed by atoms with Gasteiger partial charge in [0.1, 0.15) is 0 Å². The molecule has 0 rings (SSSR count). The third-order valence-electron chi connectivity index (χ3n) is 3.55. The van der Waals surface area contributed by atoms with E-state index in [1.54, 1.807) is 0 Å². The third kappa shape index (κ3) is 14.9. The van der Waals surface area contributed by atoms with Gasteiger partial charge in [-0.2, -0.15) is 0 Å². The summed E-state index contributed by atoms with van der Waals surface area (Å²) in [4.78, 5) is 33.4. The Kier molecular flexibility index (Phi) is 13.5. The molecule has 0 aromatic carbocycles. The first-order valence-corrected chi connectivity index (χ1v) is 8.51. The van der Waals surface area contributed by atoms with Crippen LogP contribution in [0.4, 0.5) is 0 Å². The lowest BCUT2D eigenvalue weighted by atomic mass is 10.1. The molecular weight excluding hydrogens is 280 g/mol. The molecule has 0 saturated carbocycles. The average molecular weight is 310 g/mol. The average Bonchev–Trinajstić information content (AvgIpc) is 2.47. The highest BCUT2D eigenvalue weighted by Crippen LogP contribution is 2.09. The van der Waals surface area contributed by atoms with E-state index in [0.29, 0.717) is 12.8 Å². The summed E-state index contributed by atoms with van der Waals surface area (Å²) in [6, 6.07) is 0. The summed E-state index contributed by atoms with van der Waals surface area (Å²) in [7, 11) is 0. The van der Waals surface area contributed by atoms with Gasteiger partial charge in [0.2, 0.25) is 0 Å². The second-order valence-electron chi connectivity index (χ2n) is 5.74. The summed E-state index contributed by atoms with van der Waals surface area (Å²) in [6.45, 7) is 2.09. The highest BCUT2D eigenvalue weighted by Gasteiger charge is 2.01. The predicted molar refractivity (Wildman–Crippen MR) is 87.9 cm³/mol. The Balaban J connectivity index is 3.49. The van der Waals surface area contributed by atoms with Crippen molar-refractivity contribution >= 4 is 17.5 Å². The number of carboxylic acid groups (broad SMARTS) is 1. The van der Waals surface area contributed by atoms with Crippen LogP contribution in [0.3, 0.4) is 0 Å². The Bertz CT molecular complexity index is 358. The van der Waals surface area contributed by atoms with Crippen molar-refractivity contribution in [1.82, 2.24) is 0 Å². The summed E-state index contributed by atoms with van der Waals surface area (Å²) >= 11 is 0. The van der Waals surface area contributed by atoms with Crippen LogP contribution in [0, 0.1) is 0 Å². The molecule has 0 amide bonds. The quantitative estimate of drug-likeness (QED) is 0.358. The largest absolute Gasteiger partial charge is 0.481 e. The molecule has 0 radical (unpaired) electrons. The van der Waals surface area contributed by atoms with Crippen LogP contribution >= 0.6 is 0 Å². The van der Waals surface area contributed by atoms with Crippen molar-refractivity contribution in [3.63, 3.8) is 0 Å². The predicted octanol–water partition coefficient (Wildman–Crippen LogP) is 4.47. The number of carboxylic acids is 1. The van der Waals surface area contributed by atoms with Gasteiger partial charge in [-0.15, -0.1) is 0 Å². The van der Waals surface area contributed by atoms with E-state index in [9.17, 15) is 14.4 Å². The Morgan fingerprint density at radius 1 is 0.682 bits per heavy atom. The molecule has 4 heteroatoms. The third-order valence-corrected chi connectivity index (χ3v) is 3.55. The highest BCUT2D eigenvalue weighted by molar-refractivity contribution is 5.98. The molecule has 1 N–H and O–H groups in total. The van der Waals surface area contributed by atoms with E-state index in [1.165, 1.54) is 12.2 Å². The number of ketones is 2. The van der Waals surface area contributed by atoms with Crippen molar-refractivity contribution in [2.24, 2.45) is 0 Å². The van der Waals surface area contributed by atoms with E-state index in [4.69, 9.17) is 5.11 Å². The summed E-state index contributed by atoms with van der Waals surface area (Å²) in [5, 5.41) is 8.50. The van der Waals surface area contributed by atoms with E-state index in [2.05, 4.69) is 6.92 Å². The second-order valence-corrected chi connectivity index (χ2v) is 5.74. The molecule has 0 atom stereocenters. The highest BCUT2D eigenvalue weighted by atomic mass is 16.4. The maximum atomic E-state index is 11.6. The minimum absolute atomic E-state index is 0.0229. The molecule has 0 aromatic rings. The van der Waals surface area contributed by atoms with Gasteiger partial charge in [0.05, 0.1) is 0 Å². The van der Waals surface area contributed by atoms with Crippen molar-refractivity contribution < 1.29 is 19.5 Å². The fourth-order valence-corrected chi connectivity index (χ4v) is 2.18. The molecule has 0 aliphatic rings. The second kappa shape index (κ2) is 14.5. The fraction of sp³-hybridized carbons (Fsp3) is 0.722. The lowest BCUT2D eigenvalue weighted by Gasteiger charge is -2.00. The monoisotopic (exact) mass is 310 g/mol. The molecule has 4 nitrogen and oxygen atoms in total. The zero-order valence-corrected chi connectivity index (χ0v) is 13.8. The number of allylic oxidation sites excluding steroid dienone is 2. The molecule has 0 heterocycles. The minimum atomic E-state index is -0.735. The lowest BCUT2D eigenvalue weighted by Crippen LogP contribution is -1.97. The summed E-state index contributed by atoms with van der Waals surface area (Å²) in [5.74, 6) is -0.670. The smallest absolute Gasteiger partial charge is 0.303 e. The SMILES string of the molecule is CCCCCC(=O)C=CC(=O)CCCCCCCCC(=O)O. The zero-order valence-electron chi connectivity index (χ0n) is 13.8. The van der Waals surface area contributed by atoms with Crippen LogP contribution in [0.5, 0.6) is 0 Å². The number of carbonyl (C=O) groups excluding carboxylic acids is 2. The molecule has 0 unspecified atom stereocenters. The van der Waals surface area contributed by atoms with Crippen LogP contribution in [-0.2, 0) is 14.4 Å². The normalized spacial score (nSPS) is 11.0. The first-order chi connectivity index (χ1) is 10.6. The number of carbonyl (C=O) groups is 3. The van der Waals surface area contributed by atoms with Crippen molar-refractivity contribution in [2.45, 2.75) is 84.0 Å². The maximum Gasteiger partial charge on any atom is 0.303 e. The molecule has 0 aromatic heterocycles. The van der Waals surface area contributed by atoms with Gasteiger partial charge in [-0.3, -0.25) is 14.4 Å². The van der Waals surface area contributed by atoms with E-state index in [0.717, 1.165) is 57.8 Å². The number of unbranched alkanes of at least 4 members (excludes halogenated alkanes) is 7. The Hall–Kier alpha value is -1.45. The van der Waals surface area contributed by atoms with Gasteiger partial charge in [-0.1, -0.05) is 45.4 Å². The summed E-state index contributed by atoms with van der Waals surface area (Å²) < 4.78 is 0. The molecule has 22 heavy (non-hydrogen) atoms. The molecule has 0 bridgehead atoms. The van der Waals surface area contributed by atoms with Crippen molar-refractivity contribution in [3.8, 4) is 0 Å². The number of aliphatic carboxylic acids is 1. The topological polar surface area (TPSA) is 71.4 Å². The van der Waals surface area contributed by atoms with Gasteiger partial charge in [-0.05, 0) is 31.4 Å². The molecule has 0 aliphatic heterocycles. The van der Waals surface area contributed by atoms with Crippen molar-refractivity contribution in [1.29, 1.82) is 0 Å². The Morgan fingerprint density at radius 2 is 1.09 bits per heavy atom. The minimum Gasteiger partial charge on any atom is -0.481 e. The van der Waals surface area contributed by atoms with E-state index in [1.807, 2.05) is 0 Å². The van der Waals surface area contributed by atoms with Crippen LogP contribution in [0.2, 0.25) is 0 Å². The van der Waals surface area contributed by atoms with Crippen LogP contribution < -0.4 is 0 Å². The van der Waals surface area contributed by atoms with Gasteiger partial charge in [-0.25, -0.2) is 0 Å². The van der Waals surface area contributed by atoms with Crippen molar-refractivity contribution in [3.05, 3.63) is 12.2 Å². The molecule has 0 saturated heterocycles. The van der Waals surface area contributed by atoms with E-state index in [-0.39, 0.29) is 18.0 Å². The number of hydrogen-bond donors (Lipinski definition) is 1. The standard InChI is InChI=1S/C18H30O4/c1-2-3-8-11-16(19)14-15-17(20)12-9-6-4-5-7-10-13-18(21)22/h14-15H,2-13H2,1H3,(H,21,22). The van der Waals surface area contributed by atoms with E-state index < -0.39 is 5.97 Å². The van der Waals surface area contributed by atoms with Crippen molar-refractivity contribution in [2.75, 3.05) is 0 Å². The first kappa shape index (κ1) is 20.6. The van der Waals surface area contributed by atoms with Crippen LogP contribution in [0.1, 0.15) is 84.0 Å². The number of rotatable bonds is 15. The van der Waals surface area contributed by atoms with Gasteiger partial charge in [0.15, 0.2) is 11.6 Å². The van der Waals surface area contributed by atoms with Gasteiger partial charge >= 0.3 is 5.97 Å². The molecule has 0 fully saturated rings. The van der Waals surface area contributed by atoms with Crippen LogP contribution in [-0.4, -0.2) is 22.6 Å². The molecule has 126 valence electrons. The van der Waals surface area contributed by atoms with Crippen LogP contribution in [0.25, 0.3) is 0 Å². The van der Waals surface area contributed by atoms with Crippen LogP contribution in [0.15, 0.2) is 12.2 Å². The number of hydrogen-bond acceptors (Lipinski definition) is 3. The maximum absolute atomic E-state index is 11.6.